The molecule has 3 rings (SSSR count). The van der Waals surface area contributed by atoms with Crippen molar-refractivity contribution >= 4 is 16.9 Å². The maximum Gasteiger partial charge on any atom is 0.251 e. The van der Waals surface area contributed by atoms with E-state index in [1.165, 1.54) is 19.3 Å². The van der Waals surface area contributed by atoms with Crippen LogP contribution in [-0.2, 0) is 7.05 Å². The van der Waals surface area contributed by atoms with E-state index in [1.54, 1.807) is 0 Å². The maximum absolute atomic E-state index is 12.6. The number of rotatable bonds is 3. The first kappa shape index (κ1) is 15.1. The molecule has 1 fully saturated rings. The fourth-order valence-corrected chi connectivity index (χ4v) is 3.60. The Balaban J connectivity index is 1.79. The number of carbonyl (C=O) groups is 1. The molecule has 0 aliphatic heterocycles. The molecule has 4 heteroatoms. The number of nitrogens with one attached hydrogen (secondary N) is 1. The van der Waals surface area contributed by atoms with Crippen LogP contribution in [0.1, 0.15) is 55.2 Å². The van der Waals surface area contributed by atoms with Gasteiger partial charge in [-0.3, -0.25) is 4.79 Å². The summed E-state index contributed by atoms with van der Waals surface area (Å²) in [7, 11) is 2.00. The largest absolute Gasteiger partial charge is 0.349 e. The zero-order valence-corrected chi connectivity index (χ0v) is 13.7. The zero-order valence-electron chi connectivity index (χ0n) is 13.7. The highest BCUT2D eigenvalue weighted by atomic mass is 16.1. The summed E-state index contributed by atoms with van der Waals surface area (Å²) in [5.74, 6) is 1.62. The minimum Gasteiger partial charge on any atom is -0.349 e. The minimum absolute atomic E-state index is 0.0376. The van der Waals surface area contributed by atoms with Crippen LogP contribution in [0.25, 0.3) is 11.0 Å². The Morgan fingerprint density at radius 3 is 2.91 bits per heavy atom. The van der Waals surface area contributed by atoms with Crippen LogP contribution in [0.3, 0.4) is 0 Å². The van der Waals surface area contributed by atoms with Gasteiger partial charge in [0.1, 0.15) is 5.82 Å². The summed E-state index contributed by atoms with van der Waals surface area (Å²) in [5.41, 5.74) is 2.67. The average Bonchev–Trinajstić information content (AvgIpc) is 2.82. The monoisotopic (exact) mass is 299 g/mol. The lowest BCUT2D eigenvalue weighted by atomic mass is 9.83. The molecular weight excluding hydrogens is 274 g/mol. The second kappa shape index (κ2) is 6.11. The molecule has 0 spiro atoms. The zero-order chi connectivity index (χ0) is 15.7. The second-order valence-corrected chi connectivity index (χ2v) is 6.45. The van der Waals surface area contributed by atoms with Crippen molar-refractivity contribution in [3.05, 3.63) is 29.6 Å². The lowest BCUT2D eigenvalue weighted by molar-refractivity contribution is 0.0905. The number of fused-ring (bicyclic) bond motifs is 1. The van der Waals surface area contributed by atoms with Gasteiger partial charge >= 0.3 is 0 Å². The van der Waals surface area contributed by atoms with E-state index in [0.717, 1.165) is 29.7 Å². The smallest absolute Gasteiger partial charge is 0.251 e. The van der Waals surface area contributed by atoms with E-state index in [0.29, 0.717) is 17.5 Å². The Labute approximate surface area is 131 Å². The molecule has 1 aromatic carbocycles. The summed E-state index contributed by atoms with van der Waals surface area (Å²) >= 11 is 0. The van der Waals surface area contributed by atoms with Crippen LogP contribution >= 0.6 is 0 Å². The van der Waals surface area contributed by atoms with E-state index in [2.05, 4.69) is 17.2 Å². The normalized spacial score (nSPS) is 22.0. The van der Waals surface area contributed by atoms with E-state index >= 15 is 0 Å². The molecule has 1 saturated carbocycles. The predicted molar refractivity (Wildman–Crippen MR) is 89.0 cm³/mol. The van der Waals surface area contributed by atoms with Gasteiger partial charge in [0.25, 0.3) is 5.91 Å². The molecule has 118 valence electrons. The van der Waals surface area contributed by atoms with Gasteiger partial charge in [-0.05, 0) is 43.9 Å². The molecular formula is C18H25N3O. The lowest BCUT2D eigenvalue weighted by Gasteiger charge is -2.31. The van der Waals surface area contributed by atoms with Crippen LogP contribution in [-0.4, -0.2) is 21.5 Å². The van der Waals surface area contributed by atoms with Crippen LogP contribution in [0.4, 0.5) is 0 Å². The third-order valence-electron chi connectivity index (χ3n) is 5.12. The van der Waals surface area contributed by atoms with E-state index in [1.807, 2.05) is 36.7 Å². The number of nitrogens with zero attached hydrogens (tertiary/aromatic N) is 2. The Hall–Kier alpha value is -1.84. The fourth-order valence-electron chi connectivity index (χ4n) is 3.60. The van der Waals surface area contributed by atoms with Gasteiger partial charge < -0.3 is 9.88 Å². The molecule has 22 heavy (non-hydrogen) atoms. The first-order valence-electron chi connectivity index (χ1n) is 8.34. The molecule has 2 aromatic rings. The van der Waals surface area contributed by atoms with Crippen LogP contribution in [0, 0.1) is 12.8 Å². The lowest BCUT2D eigenvalue weighted by Crippen LogP contribution is -2.41. The average molecular weight is 299 g/mol. The van der Waals surface area contributed by atoms with Gasteiger partial charge in [-0.1, -0.05) is 26.2 Å². The first-order chi connectivity index (χ1) is 10.6. The predicted octanol–water partition coefficient (Wildman–Crippen LogP) is 3.58. The molecule has 0 bridgehead atoms. The molecule has 2 unspecified atom stereocenters. The van der Waals surface area contributed by atoms with Gasteiger partial charge in [0.05, 0.1) is 11.0 Å². The standard InChI is InChI=1S/C18H25N3O/c1-4-13-7-5-6-8-15(13)20-18(22)14-9-10-17-16(11-14)19-12(2)21(17)3/h9-11,13,15H,4-8H2,1-3H3,(H,20,22). The maximum atomic E-state index is 12.6. The highest BCUT2D eigenvalue weighted by Gasteiger charge is 2.25. The third kappa shape index (κ3) is 2.74. The quantitative estimate of drug-likeness (QED) is 0.941. The van der Waals surface area contributed by atoms with Crippen molar-refractivity contribution in [2.75, 3.05) is 0 Å². The van der Waals surface area contributed by atoms with Crippen molar-refractivity contribution in [3.8, 4) is 0 Å². The van der Waals surface area contributed by atoms with Crippen LogP contribution in [0.5, 0.6) is 0 Å². The van der Waals surface area contributed by atoms with Crippen molar-refractivity contribution in [1.82, 2.24) is 14.9 Å². The molecule has 0 radical (unpaired) electrons. The third-order valence-corrected chi connectivity index (χ3v) is 5.12. The van der Waals surface area contributed by atoms with Crippen molar-refractivity contribution in [2.45, 2.75) is 52.0 Å². The summed E-state index contributed by atoms with van der Waals surface area (Å²) in [6, 6.07) is 6.12. The summed E-state index contributed by atoms with van der Waals surface area (Å²) in [5, 5.41) is 3.25. The number of hydrogen-bond acceptors (Lipinski definition) is 2. The van der Waals surface area contributed by atoms with Crippen molar-refractivity contribution in [3.63, 3.8) is 0 Å². The summed E-state index contributed by atoms with van der Waals surface area (Å²) in [4.78, 5) is 17.1. The van der Waals surface area contributed by atoms with Crippen molar-refractivity contribution in [2.24, 2.45) is 13.0 Å². The number of imidazole rings is 1. The molecule has 1 aliphatic rings. The van der Waals surface area contributed by atoms with Gasteiger partial charge in [-0.25, -0.2) is 4.98 Å². The fraction of sp³-hybridized carbons (Fsp3) is 0.556. The van der Waals surface area contributed by atoms with Crippen molar-refractivity contribution in [1.29, 1.82) is 0 Å². The van der Waals surface area contributed by atoms with E-state index in [9.17, 15) is 4.79 Å². The van der Waals surface area contributed by atoms with E-state index in [4.69, 9.17) is 0 Å². The highest BCUT2D eigenvalue weighted by molar-refractivity contribution is 5.97. The highest BCUT2D eigenvalue weighted by Crippen LogP contribution is 2.27. The van der Waals surface area contributed by atoms with Crippen LogP contribution < -0.4 is 5.32 Å². The molecule has 1 heterocycles. The molecule has 0 saturated heterocycles. The Morgan fingerprint density at radius 1 is 1.36 bits per heavy atom. The number of hydrogen-bond donors (Lipinski definition) is 1. The van der Waals surface area contributed by atoms with Gasteiger partial charge in [0, 0.05) is 18.7 Å². The summed E-state index contributed by atoms with van der Waals surface area (Å²) < 4.78 is 2.05. The SMILES string of the molecule is CCC1CCCCC1NC(=O)c1ccc2c(c1)nc(C)n2C. The van der Waals surface area contributed by atoms with Gasteiger partial charge in [0.2, 0.25) is 0 Å². The van der Waals surface area contributed by atoms with Crippen LogP contribution in [0.2, 0.25) is 0 Å². The first-order valence-corrected chi connectivity index (χ1v) is 8.34. The summed E-state index contributed by atoms with van der Waals surface area (Å²) in [6.45, 7) is 4.20. The molecule has 1 aromatic heterocycles. The second-order valence-electron chi connectivity index (χ2n) is 6.45. The molecule has 1 aliphatic carbocycles. The number of aromatic nitrogens is 2. The Kier molecular flexibility index (Phi) is 4.19. The molecule has 1 N–H and O–H groups in total. The van der Waals surface area contributed by atoms with E-state index in [-0.39, 0.29) is 5.91 Å². The Bertz CT molecular complexity index is 689. The van der Waals surface area contributed by atoms with Crippen LogP contribution in [0.15, 0.2) is 18.2 Å². The molecule has 2 atom stereocenters. The minimum atomic E-state index is 0.0376. The molecule has 4 nitrogen and oxygen atoms in total. The number of aryl methyl sites for hydroxylation is 2. The summed E-state index contributed by atoms with van der Waals surface area (Å²) in [6.07, 6.45) is 6.00. The van der Waals surface area contributed by atoms with Gasteiger partial charge in [-0.2, -0.15) is 0 Å². The topological polar surface area (TPSA) is 46.9 Å². The van der Waals surface area contributed by atoms with Crippen molar-refractivity contribution < 1.29 is 4.79 Å². The Morgan fingerprint density at radius 2 is 2.14 bits per heavy atom. The number of carbonyl (C=O) groups excluding carboxylic acids is 1. The van der Waals surface area contributed by atoms with E-state index < -0.39 is 0 Å². The van der Waals surface area contributed by atoms with Gasteiger partial charge in [-0.15, -0.1) is 0 Å². The number of benzene rings is 1. The van der Waals surface area contributed by atoms with Gasteiger partial charge in [0.15, 0.2) is 0 Å². The molecule has 1 amide bonds. The number of amides is 1.